The lowest BCUT2D eigenvalue weighted by Gasteiger charge is -2.02. The van der Waals surface area contributed by atoms with E-state index in [1.165, 1.54) is 17.3 Å². The van der Waals surface area contributed by atoms with Gasteiger partial charge in [-0.05, 0) is 18.9 Å². The van der Waals surface area contributed by atoms with Crippen molar-refractivity contribution in [2.45, 2.75) is 18.2 Å². The minimum Gasteiger partial charge on any atom is -0.286 e. The van der Waals surface area contributed by atoms with Crippen molar-refractivity contribution >= 4 is 32.8 Å². The molecule has 0 aromatic rings. The molecule has 0 saturated carbocycles. The number of alkyl halides is 1. The third-order valence-electron chi connectivity index (χ3n) is 1.78. The number of carbonyl (C=O) groups excluding carboxylic acids is 1. The van der Waals surface area contributed by atoms with Gasteiger partial charge in [0.1, 0.15) is 0 Å². The molecular weight excluding hydrogens is 260 g/mol. The van der Waals surface area contributed by atoms with Crippen LogP contribution in [0.2, 0.25) is 0 Å². The molecule has 0 amide bonds. The maximum atomic E-state index is 11.3. The number of allylic oxidation sites excluding steroid dienone is 5. The van der Waals surface area contributed by atoms with Gasteiger partial charge in [-0.3, -0.25) is 4.79 Å². The van der Waals surface area contributed by atoms with Crippen molar-refractivity contribution in [1.82, 2.24) is 0 Å². The minimum absolute atomic E-state index is 0.0546. The molecule has 14 heavy (non-hydrogen) atoms. The van der Waals surface area contributed by atoms with E-state index >= 15 is 0 Å². The molecule has 1 rings (SSSR count). The molecule has 0 heterocycles. The van der Waals surface area contributed by atoms with Gasteiger partial charge in [0.2, 0.25) is 5.12 Å². The highest BCUT2D eigenvalue weighted by atomic mass is 79.9. The van der Waals surface area contributed by atoms with Gasteiger partial charge in [-0.2, -0.15) is 0 Å². The van der Waals surface area contributed by atoms with Crippen molar-refractivity contribution in [3.05, 3.63) is 36.0 Å². The van der Waals surface area contributed by atoms with E-state index in [9.17, 15) is 4.79 Å². The standard InChI is InChI=1S/C11H13BrOS/c1-9(12)11(13)14-8-10-6-4-2-3-5-7-10/h2-4,6-7,9H,5,8H2,1H3. The Morgan fingerprint density at radius 2 is 2.43 bits per heavy atom. The van der Waals surface area contributed by atoms with Gasteiger partial charge in [-0.25, -0.2) is 0 Å². The summed E-state index contributed by atoms with van der Waals surface area (Å²) < 4.78 is 0. The fourth-order valence-electron chi connectivity index (χ4n) is 1.00. The molecule has 1 aliphatic carbocycles. The summed E-state index contributed by atoms with van der Waals surface area (Å²) in [5.74, 6) is 0.771. The topological polar surface area (TPSA) is 17.1 Å². The van der Waals surface area contributed by atoms with E-state index in [1.54, 1.807) is 0 Å². The van der Waals surface area contributed by atoms with Gasteiger partial charge in [0, 0.05) is 5.75 Å². The molecule has 1 aliphatic rings. The van der Waals surface area contributed by atoms with Gasteiger partial charge in [0.05, 0.1) is 4.83 Å². The number of hydrogen-bond acceptors (Lipinski definition) is 2. The van der Waals surface area contributed by atoms with Crippen LogP contribution in [0.1, 0.15) is 13.3 Å². The summed E-state index contributed by atoms with van der Waals surface area (Å²) in [6.07, 6.45) is 11.3. The van der Waals surface area contributed by atoms with E-state index in [0.29, 0.717) is 0 Å². The molecule has 1 unspecified atom stereocenters. The fourth-order valence-corrected chi connectivity index (χ4v) is 2.15. The molecule has 0 aliphatic heterocycles. The van der Waals surface area contributed by atoms with E-state index in [1.807, 2.05) is 19.1 Å². The molecule has 0 spiro atoms. The zero-order valence-corrected chi connectivity index (χ0v) is 10.5. The quantitative estimate of drug-likeness (QED) is 0.732. The summed E-state index contributed by atoms with van der Waals surface area (Å²) in [5.41, 5.74) is 1.22. The van der Waals surface area contributed by atoms with Gasteiger partial charge >= 0.3 is 0 Å². The average molecular weight is 273 g/mol. The Kier molecular flexibility index (Phi) is 5.26. The fraction of sp³-hybridized carbons (Fsp3) is 0.364. The van der Waals surface area contributed by atoms with E-state index < -0.39 is 0 Å². The molecule has 0 aromatic carbocycles. The Morgan fingerprint density at radius 3 is 3.14 bits per heavy atom. The first-order valence-electron chi connectivity index (χ1n) is 4.53. The van der Waals surface area contributed by atoms with E-state index in [-0.39, 0.29) is 9.94 Å². The number of hydrogen-bond donors (Lipinski definition) is 0. The second-order valence-electron chi connectivity index (χ2n) is 3.03. The van der Waals surface area contributed by atoms with Crippen LogP contribution in [0.5, 0.6) is 0 Å². The normalized spacial score (nSPS) is 17.4. The van der Waals surface area contributed by atoms with Gasteiger partial charge in [-0.1, -0.05) is 58.1 Å². The van der Waals surface area contributed by atoms with E-state index in [4.69, 9.17) is 0 Å². The first kappa shape index (κ1) is 11.8. The third kappa shape index (κ3) is 4.29. The summed E-state index contributed by atoms with van der Waals surface area (Å²) in [6, 6.07) is 0. The van der Waals surface area contributed by atoms with Crippen molar-refractivity contribution in [1.29, 1.82) is 0 Å². The first-order chi connectivity index (χ1) is 6.70. The second-order valence-corrected chi connectivity index (χ2v) is 5.38. The summed E-state index contributed by atoms with van der Waals surface area (Å²) in [5, 5.41) is 0.191. The van der Waals surface area contributed by atoms with Crippen LogP contribution in [0.25, 0.3) is 0 Å². The minimum atomic E-state index is -0.0546. The van der Waals surface area contributed by atoms with Crippen LogP contribution >= 0.6 is 27.7 Å². The summed E-state index contributed by atoms with van der Waals surface area (Å²) in [7, 11) is 0. The number of thioether (sulfide) groups is 1. The highest BCUT2D eigenvalue weighted by Crippen LogP contribution is 2.17. The largest absolute Gasteiger partial charge is 0.286 e. The Bertz CT molecular complexity index is 290. The molecule has 0 aromatic heterocycles. The number of carbonyl (C=O) groups is 1. The molecule has 3 heteroatoms. The highest BCUT2D eigenvalue weighted by molar-refractivity contribution is 9.10. The van der Waals surface area contributed by atoms with Crippen LogP contribution in [-0.2, 0) is 4.79 Å². The van der Waals surface area contributed by atoms with Crippen LogP contribution in [-0.4, -0.2) is 15.7 Å². The highest BCUT2D eigenvalue weighted by Gasteiger charge is 2.09. The Balaban J connectivity index is 2.38. The maximum absolute atomic E-state index is 11.3. The lowest BCUT2D eigenvalue weighted by molar-refractivity contribution is -0.110. The zero-order valence-electron chi connectivity index (χ0n) is 8.07. The van der Waals surface area contributed by atoms with Crippen molar-refractivity contribution in [2.24, 2.45) is 0 Å². The summed E-state index contributed by atoms with van der Waals surface area (Å²) in [4.78, 5) is 11.3. The molecule has 0 saturated heterocycles. The molecule has 0 bridgehead atoms. The van der Waals surface area contributed by atoms with Crippen molar-refractivity contribution < 1.29 is 4.79 Å². The van der Waals surface area contributed by atoms with Crippen molar-refractivity contribution in [2.75, 3.05) is 5.75 Å². The number of rotatable bonds is 3. The molecule has 0 fully saturated rings. The molecular formula is C11H13BrOS. The predicted molar refractivity (Wildman–Crippen MR) is 66.8 cm³/mol. The van der Waals surface area contributed by atoms with Gasteiger partial charge in [0.25, 0.3) is 0 Å². The van der Waals surface area contributed by atoms with Crippen LogP contribution in [0, 0.1) is 0 Å². The van der Waals surface area contributed by atoms with Gasteiger partial charge in [-0.15, -0.1) is 0 Å². The van der Waals surface area contributed by atoms with Crippen LogP contribution < -0.4 is 0 Å². The SMILES string of the molecule is CC(Br)C(=O)SCC1=CCC=CC=C1. The average Bonchev–Trinajstić information content (AvgIpc) is 2.42. The zero-order chi connectivity index (χ0) is 10.4. The lowest BCUT2D eigenvalue weighted by atomic mass is 10.2. The van der Waals surface area contributed by atoms with Gasteiger partial charge in [0.15, 0.2) is 0 Å². The molecule has 0 radical (unpaired) electrons. The van der Waals surface area contributed by atoms with E-state index in [0.717, 1.165) is 12.2 Å². The van der Waals surface area contributed by atoms with Crippen LogP contribution in [0.15, 0.2) is 36.0 Å². The maximum Gasteiger partial charge on any atom is 0.202 e. The predicted octanol–water partition coefficient (Wildman–Crippen LogP) is 3.47. The molecule has 0 N–H and O–H groups in total. The smallest absolute Gasteiger partial charge is 0.202 e. The third-order valence-corrected chi connectivity index (χ3v) is 3.61. The Morgan fingerprint density at radius 1 is 1.64 bits per heavy atom. The summed E-state index contributed by atoms with van der Waals surface area (Å²) >= 11 is 4.63. The lowest BCUT2D eigenvalue weighted by Crippen LogP contribution is -2.05. The molecule has 1 atom stereocenters. The van der Waals surface area contributed by atoms with Crippen molar-refractivity contribution in [3.8, 4) is 0 Å². The Labute approximate surface area is 97.5 Å². The van der Waals surface area contributed by atoms with Gasteiger partial charge < -0.3 is 0 Å². The number of halogens is 1. The van der Waals surface area contributed by atoms with Crippen LogP contribution in [0.3, 0.4) is 0 Å². The van der Waals surface area contributed by atoms with Crippen molar-refractivity contribution in [3.63, 3.8) is 0 Å². The Hall–Kier alpha value is -0.280. The second kappa shape index (κ2) is 6.25. The van der Waals surface area contributed by atoms with E-state index in [2.05, 4.69) is 34.2 Å². The van der Waals surface area contributed by atoms with Crippen LogP contribution in [0.4, 0.5) is 0 Å². The first-order valence-corrected chi connectivity index (χ1v) is 6.43. The summed E-state index contributed by atoms with van der Waals surface area (Å²) in [6.45, 7) is 1.86. The molecule has 1 nitrogen and oxygen atoms in total. The molecule has 76 valence electrons. The monoisotopic (exact) mass is 272 g/mol.